The molecule has 0 aromatic heterocycles. The molecule has 0 bridgehead atoms. The minimum Gasteiger partial charge on any atom is -0.480 e. The van der Waals surface area contributed by atoms with Crippen molar-refractivity contribution in [3.05, 3.63) is 0 Å². The Kier molecular flexibility index (Phi) is 5.12. The number of amides is 1. The van der Waals surface area contributed by atoms with Gasteiger partial charge in [-0.05, 0) is 24.5 Å². The molecule has 0 spiro atoms. The SMILES string of the molecule is CCC(C)[C@H](NC(=O)C1CCCS1)C(=O)O. The molecule has 4 nitrogen and oxygen atoms in total. The molecule has 0 aromatic rings. The third-order valence-corrected chi connectivity index (χ3v) is 4.38. The summed E-state index contributed by atoms with van der Waals surface area (Å²) in [5, 5.41) is 11.6. The molecular formula is C11H19NO3S. The van der Waals surface area contributed by atoms with E-state index < -0.39 is 12.0 Å². The Balaban J connectivity index is 2.53. The van der Waals surface area contributed by atoms with E-state index in [1.54, 1.807) is 11.8 Å². The summed E-state index contributed by atoms with van der Waals surface area (Å²) < 4.78 is 0. The highest BCUT2D eigenvalue weighted by Gasteiger charge is 2.30. The van der Waals surface area contributed by atoms with E-state index in [-0.39, 0.29) is 17.1 Å². The summed E-state index contributed by atoms with van der Waals surface area (Å²) in [6.07, 6.45) is 2.65. The molecule has 16 heavy (non-hydrogen) atoms. The first-order chi connectivity index (χ1) is 7.56. The summed E-state index contributed by atoms with van der Waals surface area (Å²) >= 11 is 1.62. The molecule has 0 aromatic carbocycles. The van der Waals surface area contributed by atoms with Gasteiger partial charge >= 0.3 is 5.97 Å². The first-order valence-corrected chi connectivity index (χ1v) is 6.76. The average Bonchev–Trinajstić information content (AvgIpc) is 2.77. The largest absolute Gasteiger partial charge is 0.480 e. The van der Waals surface area contributed by atoms with Gasteiger partial charge in [-0.15, -0.1) is 11.8 Å². The van der Waals surface area contributed by atoms with E-state index >= 15 is 0 Å². The summed E-state index contributed by atoms with van der Waals surface area (Å²) in [5.41, 5.74) is 0. The zero-order valence-electron chi connectivity index (χ0n) is 9.73. The fourth-order valence-electron chi connectivity index (χ4n) is 1.71. The van der Waals surface area contributed by atoms with Crippen molar-refractivity contribution in [2.45, 2.75) is 44.4 Å². The highest BCUT2D eigenvalue weighted by molar-refractivity contribution is 8.00. The molecule has 1 rings (SSSR count). The number of aliphatic carboxylic acids is 1. The van der Waals surface area contributed by atoms with Gasteiger partial charge in [0.1, 0.15) is 6.04 Å². The lowest BCUT2D eigenvalue weighted by molar-refractivity contribution is -0.143. The van der Waals surface area contributed by atoms with Crippen LogP contribution in [0, 0.1) is 5.92 Å². The Labute approximate surface area is 100 Å². The number of carbonyl (C=O) groups is 2. The van der Waals surface area contributed by atoms with Crippen LogP contribution in [0.4, 0.5) is 0 Å². The predicted octanol–water partition coefficient (Wildman–Crippen LogP) is 1.50. The third kappa shape index (κ3) is 3.40. The van der Waals surface area contributed by atoms with Crippen LogP contribution in [0.1, 0.15) is 33.1 Å². The molecule has 5 heteroatoms. The maximum atomic E-state index is 11.8. The van der Waals surface area contributed by atoms with E-state index in [1.165, 1.54) is 0 Å². The number of carboxylic acids is 1. The molecule has 92 valence electrons. The number of rotatable bonds is 5. The number of carbonyl (C=O) groups excluding carboxylic acids is 1. The summed E-state index contributed by atoms with van der Waals surface area (Å²) in [7, 11) is 0. The van der Waals surface area contributed by atoms with Crippen LogP contribution in [0.15, 0.2) is 0 Å². The zero-order chi connectivity index (χ0) is 12.1. The van der Waals surface area contributed by atoms with E-state index in [0.717, 1.165) is 25.0 Å². The maximum Gasteiger partial charge on any atom is 0.326 e. The quantitative estimate of drug-likeness (QED) is 0.770. The summed E-state index contributed by atoms with van der Waals surface area (Å²) in [6.45, 7) is 3.78. The standard InChI is InChI=1S/C11H19NO3S/c1-3-7(2)9(11(14)15)12-10(13)8-5-4-6-16-8/h7-9H,3-6H2,1-2H3,(H,12,13)(H,14,15)/t7?,8?,9-/m0/s1. The summed E-state index contributed by atoms with van der Waals surface area (Å²) in [6, 6.07) is -0.751. The first kappa shape index (κ1) is 13.4. The monoisotopic (exact) mass is 245 g/mol. The second-order valence-corrected chi connectivity index (χ2v) is 5.52. The lowest BCUT2D eigenvalue weighted by atomic mass is 9.99. The van der Waals surface area contributed by atoms with Crippen LogP contribution in [-0.4, -0.2) is 34.0 Å². The van der Waals surface area contributed by atoms with Gasteiger partial charge in [-0.2, -0.15) is 0 Å². The lowest BCUT2D eigenvalue weighted by Crippen LogP contribution is -2.47. The predicted molar refractivity (Wildman–Crippen MR) is 64.5 cm³/mol. The molecule has 1 aliphatic heterocycles. The summed E-state index contributed by atoms with van der Waals surface area (Å²) in [4.78, 5) is 22.8. The van der Waals surface area contributed by atoms with Gasteiger partial charge in [0.05, 0.1) is 5.25 Å². The van der Waals surface area contributed by atoms with E-state index in [1.807, 2.05) is 13.8 Å². The van der Waals surface area contributed by atoms with Crippen molar-refractivity contribution in [3.63, 3.8) is 0 Å². The van der Waals surface area contributed by atoms with Gasteiger partial charge in [0.25, 0.3) is 0 Å². The van der Waals surface area contributed by atoms with Crippen LogP contribution in [0.5, 0.6) is 0 Å². The van der Waals surface area contributed by atoms with Gasteiger partial charge in [0.15, 0.2) is 0 Å². The molecule has 0 radical (unpaired) electrons. The topological polar surface area (TPSA) is 66.4 Å². The zero-order valence-corrected chi connectivity index (χ0v) is 10.5. The second kappa shape index (κ2) is 6.13. The Hall–Kier alpha value is -0.710. The van der Waals surface area contributed by atoms with Crippen molar-refractivity contribution < 1.29 is 14.7 Å². The van der Waals surface area contributed by atoms with Crippen molar-refractivity contribution in [2.24, 2.45) is 5.92 Å². The minimum absolute atomic E-state index is 0.0344. The van der Waals surface area contributed by atoms with Gasteiger partial charge in [-0.3, -0.25) is 4.79 Å². The van der Waals surface area contributed by atoms with Crippen LogP contribution in [0.25, 0.3) is 0 Å². The molecule has 0 aliphatic carbocycles. The molecule has 2 unspecified atom stereocenters. The van der Waals surface area contributed by atoms with Crippen LogP contribution in [-0.2, 0) is 9.59 Å². The first-order valence-electron chi connectivity index (χ1n) is 5.71. The number of thioether (sulfide) groups is 1. The smallest absolute Gasteiger partial charge is 0.326 e. The molecule has 1 heterocycles. The van der Waals surface area contributed by atoms with Crippen molar-refractivity contribution in [3.8, 4) is 0 Å². The number of nitrogens with one attached hydrogen (secondary N) is 1. The third-order valence-electron chi connectivity index (χ3n) is 3.00. The van der Waals surface area contributed by atoms with Crippen molar-refractivity contribution >= 4 is 23.6 Å². The van der Waals surface area contributed by atoms with Gasteiger partial charge < -0.3 is 10.4 Å². The lowest BCUT2D eigenvalue weighted by Gasteiger charge is -2.21. The van der Waals surface area contributed by atoms with Crippen LogP contribution in [0.3, 0.4) is 0 Å². The molecule has 0 saturated carbocycles. The van der Waals surface area contributed by atoms with Crippen LogP contribution < -0.4 is 5.32 Å². The molecule has 1 amide bonds. The Bertz CT molecular complexity index is 264. The van der Waals surface area contributed by atoms with Crippen LogP contribution in [0.2, 0.25) is 0 Å². The van der Waals surface area contributed by atoms with Gasteiger partial charge in [0, 0.05) is 0 Å². The normalized spacial score (nSPS) is 23.8. The summed E-state index contributed by atoms with van der Waals surface area (Å²) in [5.74, 6) is -0.0900. The van der Waals surface area contributed by atoms with Gasteiger partial charge in [-0.25, -0.2) is 4.79 Å². The van der Waals surface area contributed by atoms with Crippen molar-refractivity contribution in [1.82, 2.24) is 5.32 Å². The van der Waals surface area contributed by atoms with E-state index in [9.17, 15) is 9.59 Å². The van der Waals surface area contributed by atoms with E-state index in [4.69, 9.17) is 5.11 Å². The molecule has 1 fully saturated rings. The van der Waals surface area contributed by atoms with Crippen molar-refractivity contribution in [2.75, 3.05) is 5.75 Å². The Morgan fingerprint density at radius 2 is 2.25 bits per heavy atom. The highest BCUT2D eigenvalue weighted by atomic mass is 32.2. The molecular weight excluding hydrogens is 226 g/mol. The van der Waals surface area contributed by atoms with E-state index in [2.05, 4.69) is 5.32 Å². The molecule has 1 saturated heterocycles. The Morgan fingerprint density at radius 1 is 1.56 bits per heavy atom. The van der Waals surface area contributed by atoms with E-state index in [0.29, 0.717) is 0 Å². The van der Waals surface area contributed by atoms with Gasteiger partial charge in [-0.1, -0.05) is 20.3 Å². The number of hydrogen-bond acceptors (Lipinski definition) is 3. The average molecular weight is 245 g/mol. The van der Waals surface area contributed by atoms with Crippen molar-refractivity contribution in [1.29, 1.82) is 0 Å². The molecule has 2 N–H and O–H groups in total. The number of hydrogen-bond donors (Lipinski definition) is 2. The molecule has 1 aliphatic rings. The van der Waals surface area contributed by atoms with Gasteiger partial charge in [0.2, 0.25) is 5.91 Å². The maximum absolute atomic E-state index is 11.8. The Morgan fingerprint density at radius 3 is 2.69 bits per heavy atom. The second-order valence-electron chi connectivity index (χ2n) is 4.21. The minimum atomic E-state index is -0.939. The number of carboxylic acid groups (broad SMARTS) is 1. The van der Waals surface area contributed by atoms with Crippen LogP contribution >= 0.6 is 11.8 Å². The fraction of sp³-hybridized carbons (Fsp3) is 0.818. The highest BCUT2D eigenvalue weighted by Crippen LogP contribution is 2.26. The molecule has 3 atom stereocenters. The fourth-order valence-corrected chi connectivity index (χ4v) is 2.88.